The van der Waals surface area contributed by atoms with Crippen LogP contribution in [0.5, 0.6) is 5.75 Å². The van der Waals surface area contributed by atoms with Gasteiger partial charge in [0.05, 0.1) is 12.1 Å². The third-order valence-electron chi connectivity index (χ3n) is 2.77. The second kappa shape index (κ2) is 8.39. The predicted octanol–water partition coefficient (Wildman–Crippen LogP) is 2.17. The number of halogens is 1. The van der Waals surface area contributed by atoms with E-state index in [9.17, 15) is 4.79 Å². The number of benzene rings is 1. The lowest BCUT2D eigenvalue weighted by Gasteiger charge is -2.13. The Morgan fingerprint density at radius 2 is 2.35 bits per heavy atom. The Morgan fingerprint density at radius 3 is 3.00 bits per heavy atom. The van der Waals surface area contributed by atoms with Crippen LogP contribution in [0.4, 0.5) is 0 Å². The van der Waals surface area contributed by atoms with E-state index in [0.717, 1.165) is 22.9 Å². The van der Waals surface area contributed by atoms with E-state index in [-0.39, 0.29) is 30.5 Å². The van der Waals surface area contributed by atoms with Crippen molar-refractivity contribution in [1.82, 2.24) is 10.6 Å². The largest absolute Gasteiger partial charge is 0.491 e. The van der Waals surface area contributed by atoms with E-state index in [2.05, 4.69) is 10.6 Å². The molecule has 1 saturated heterocycles. The number of nitrogens with one attached hydrogen (secondary N) is 2. The molecule has 1 fully saturated rings. The minimum Gasteiger partial charge on any atom is -0.491 e. The fourth-order valence-corrected chi connectivity index (χ4v) is 2.82. The molecule has 1 unspecified atom stereocenters. The molecule has 0 aromatic heterocycles. The standard InChI is InChI=1S/C14H20N2O2S.ClH/c1-10(2)18-12-5-3-4-11(6-12)7-15-14(17)13-8-19-9-16-13;/h3-6,10,13,16H,7-9H2,1-2H3,(H,15,17);1H. The van der Waals surface area contributed by atoms with Crippen molar-refractivity contribution in [2.45, 2.75) is 32.5 Å². The Morgan fingerprint density at radius 1 is 1.55 bits per heavy atom. The summed E-state index contributed by atoms with van der Waals surface area (Å²) in [6.07, 6.45) is 0.157. The lowest BCUT2D eigenvalue weighted by atomic mass is 10.2. The smallest absolute Gasteiger partial charge is 0.238 e. The number of hydrogen-bond acceptors (Lipinski definition) is 4. The zero-order valence-corrected chi connectivity index (χ0v) is 13.4. The van der Waals surface area contributed by atoms with Crippen LogP contribution in [-0.2, 0) is 11.3 Å². The molecular formula is C14H21ClN2O2S. The fraction of sp³-hybridized carbons (Fsp3) is 0.500. The molecule has 20 heavy (non-hydrogen) atoms. The van der Waals surface area contributed by atoms with E-state index in [1.165, 1.54) is 0 Å². The maximum atomic E-state index is 11.9. The molecule has 6 heteroatoms. The second-order valence-corrected chi connectivity index (χ2v) is 5.83. The Kier molecular flexibility index (Phi) is 7.19. The highest BCUT2D eigenvalue weighted by Crippen LogP contribution is 2.15. The first-order chi connectivity index (χ1) is 9.15. The zero-order valence-electron chi connectivity index (χ0n) is 11.7. The highest BCUT2D eigenvalue weighted by atomic mass is 35.5. The van der Waals surface area contributed by atoms with Crippen LogP contribution in [0.1, 0.15) is 19.4 Å². The Balaban J connectivity index is 0.00000200. The summed E-state index contributed by atoms with van der Waals surface area (Å²) >= 11 is 1.75. The molecule has 1 aliphatic heterocycles. The van der Waals surface area contributed by atoms with Gasteiger partial charge in [-0.2, -0.15) is 0 Å². The van der Waals surface area contributed by atoms with E-state index in [0.29, 0.717) is 6.54 Å². The summed E-state index contributed by atoms with van der Waals surface area (Å²) in [7, 11) is 0. The molecule has 1 aromatic rings. The van der Waals surface area contributed by atoms with Crippen molar-refractivity contribution >= 4 is 30.1 Å². The lowest BCUT2D eigenvalue weighted by Crippen LogP contribution is -2.41. The number of rotatable bonds is 5. The number of hydrogen-bond donors (Lipinski definition) is 2. The van der Waals surface area contributed by atoms with E-state index in [1.807, 2.05) is 38.1 Å². The summed E-state index contributed by atoms with van der Waals surface area (Å²) in [5.41, 5.74) is 1.05. The molecule has 0 saturated carbocycles. The van der Waals surface area contributed by atoms with Crippen molar-refractivity contribution in [1.29, 1.82) is 0 Å². The molecule has 112 valence electrons. The summed E-state index contributed by atoms with van der Waals surface area (Å²) in [4.78, 5) is 11.9. The monoisotopic (exact) mass is 316 g/mol. The number of carbonyl (C=O) groups excluding carboxylic acids is 1. The van der Waals surface area contributed by atoms with Gasteiger partial charge in [0.25, 0.3) is 0 Å². The van der Waals surface area contributed by atoms with E-state index < -0.39 is 0 Å². The van der Waals surface area contributed by atoms with Gasteiger partial charge in [0.1, 0.15) is 5.75 Å². The van der Waals surface area contributed by atoms with Crippen LogP contribution in [0, 0.1) is 0 Å². The van der Waals surface area contributed by atoms with Gasteiger partial charge in [-0.3, -0.25) is 10.1 Å². The summed E-state index contributed by atoms with van der Waals surface area (Å²) in [5.74, 6) is 2.62. The normalized spacial score (nSPS) is 17.6. The van der Waals surface area contributed by atoms with Crippen LogP contribution in [0.2, 0.25) is 0 Å². The van der Waals surface area contributed by atoms with Crippen LogP contribution >= 0.6 is 24.2 Å². The molecule has 0 radical (unpaired) electrons. The molecule has 1 heterocycles. The molecule has 4 nitrogen and oxygen atoms in total. The van der Waals surface area contributed by atoms with Crippen LogP contribution in [0.25, 0.3) is 0 Å². The van der Waals surface area contributed by atoms with Crippen molar-refractivity contribution in [2.24, 2.45) is 0 Å². The molecule has 2 N–H and O–H groups in total. The van der Waals surface area contributed by atoms with E-state index >= 15 is 0 Å². The van der Waals surface area contributed by atoms with Gasteiger partial charge in [-0.15, -0.1) is 24.2 Å². The second-order valence-electron chi connectivity index (χ2n) is 4.80. The average molecular weight is 317 g/mol. The van der Waals surface area contributed by atoms with Gasteiger partial charge < -0.3 is 10.1 Å². The summed E-state index contributed by atoms with van der Waals surface area (Å²) in [5, 5.41) is 6.11. The molecule has 0 spiro atoms. The Labute approximate surface area is 130 Å². The van der Waals surface area contributed by atoms with Crippen molar-refractivity contribution < 1.29 is 9.53 Å². The molecule has 1 aliphatic rings. The predicted molar refractivity (Wildman–Crippen MR) is 85.5 cm³/mol. The Hall–Kier alpha value is -0.910. The average Bonchev–Trinajstić information content (AvgIpc) is 2.89. The molecule has 0 aliphatic carbocycles. The van der Waals surface area contributed by atoms with Gasteiger partial charge in [0.2, 0.25) is 5.91 Å². The molecule has 1 aromatic carbocycles. The minimum absolute atomic E-state index is 0. The van der Waals surface area contributed by atoms with Gasteiger partial charge in [-0.1, -0.05) is 12.1 Å². The first-order valence-corrected chi connectivity index (χ1v) is 7.65. The first kappa shape index (κ1) is 17.1. The SMILES string of the molecule is CC(C)Oc1cccc(CNC(=O)C2CSCN2)c1.Cl. The van der Waals surface area contributed by atoms with E-state index in [4.69, 9.17) is 4.74 Å². The van der Waals surface area contributed by atoms with Crippen molar-refractivity contribution in [3.8, 4) is 5.75 Å². The number of thioether (sulfide) groups is 1. The molecule has 0 bridgehead atoms. The van der Waals surface area contributed by atoms with Crippen molar-refractivity contribution in [3.05, 3.63) is 29.8 Å². The quantitative estimate of drug-likeness (QED) is 0.874. The third-order valence-corrected chi connectivity index (χ3v) is 3.71. The molecular weight excluding hydrogens is 296 g/mol. The number of carbonyl (C=O) groups is 1. The van der Waals surface area contributed by atoms with Crippen molar-refractivity contribution in [3.63, 3.8) is 0 Å². The number of amides is 1. The van der Waals surface area contributed by atoms with Gasteiger partial charge in [-0.05, 0) is 31.5 Å². The highest BCUT2D eigenvalue weighted by Gasteiger charge is 2.21. The maximum Gasteiger partial charge on any atom is 0.238 e. The van der Waals surface area contributed by atoms with Gasteiger partial charge in [0, 0.05) is 18.2 Å². The maximum absolute atomic E-state index is 11.9. The Bertz CT molecular complexity index is 437. The highest BCUT2D eigenvalue weighted by molar-refractivity contribution is 7.99. The fourth-order valence-electron chi connectivity index (χ4n) is 1.88. The summed E-state index contributed by atoms with van der Waals surface area (Å²) < 4.78 is 5.63. The minimum atomic E-state index is -0.0555. The van der Waals surface area contributed by atoms with Gasteiger partial charge in [0.15, 0.2) is 0 Å². The van der Waals surface area contributed by atoms with Gasteiger partial charge >= 0.3 is 0 Å². The zero-order chi connectivity index (χ0) is 13.7. The van der Waals surface area contributed by atoms with Crippen LogP contribution < -0.4 is 15.4 Å². The lowest BCUT2D eigenvalue weighted by molar-refractivity contribution is -0.122. The molecule has 2 rings (SSSR count). The van der Waals surface area contributed by atoms with Crippen molar-refractivity contribution in [2.75, 3.05) is 11.6 Å². The first-order valence-electron chi connectivity index (χ1n) is 6.49. The van der Waals surface area contributed by atoms with Crippen LogP contribution in [-0.4, -0.2) is 29.7 Å². The van der Waals surface area contributed by atoms with E-state index in [1.54, 1.807) is 11.8 Å². The number of ether oxygens (including phenoxy) is 1. The molecule has 1 amide bonds. The van der Waals surface area contributed by atoms with Crippen LogP contribution in [0.3, 0.4) is 0 Å². The summed E-state index contributed by atoms with van der Waals surface area (Å²) in [6, 6.07) is 7.78. The summed E-state index contributed by atoms with van der Waals surface area (Å²) in [6.45, 7) is 4.53. The van der Waals surface area contributed by atoms with Crippen LogP contribution in [0.15, 0.2) is 24.3 Å². The third kappa shape index (κ3) is 5.23. The molecule has 1 atom stereocenters. The van der Waals surface area contributed by atoms with Gasteiger partial charge in [-0.25, -0.2) is 0 Å². The topological polar surface area (TPSA) is 50.4 Å².